The fourth-order valence-electron chi connectivity index (χ4n) is 1.59. The molecule has 1 aliphatic rings. The van der Waals surface area contributed by atoms with E-state index >= 15 is 0 Å². The number of hydrogen-bond acceptors (Lipinski definition) is 4. The molecule has 1 unspecified atom stereocenters. The third kappa shape index (κ3) is 4.78. The van der Waals surface area contributed by atoms with Crippen molar-refractivity contribution in [3.05, 3.63) is 0 Å². The molecule has 0 radical (unpaired) electrons. The van der Waals surface area contributed by atoms with Crippen LogP contribution in [0.4, 0.5) is 0 Å². The lowest BCUT2D eigenvalue weighted by Gasteiger charge is -2.13. The van der Waals surface area contributed by atoms with Crippen LogP contribution in [0, 0.1) is 0 Å². The van der Waals surface area contributed by atoms with Gasteiger partial charge in [0.25, 0.3) is 0 Å². The molecule has 86 valence electrons. The number of rotatable bonds is 4. The Labute approximate surface area is 89.6 Å². The zero-order valence-electron chi connectivity index (χ0n) is 9.04. The normalized spacial score (nSPS) is 21.7. The number of amides is 1. The molecular weight excluding hydrogens is 196 g/mol. The van der Waals surface area contributed by atoms with Gasteiger partial charge >= 0.3 is 5.97 Å². The van der Waals surface area contributed by atoms with Gasteiger partial charge in [-0.05, 0) is 19.8 Å². The van der Waals surface area contributed by atoms with Crippen LogP contribution in [0.5, 0.6) is 0 Å². The van der Waals surface area contributed by atoms with Crippen LogP contribution < -0.4 is 10.6 Å². The predicted octanol–water partition coefficient (Wildman–Crippen LogP) is -0.192. The van der Waals surface area contributed by atoms with Crippen molar-refractivity contribution in [2.75, 3.05) is 19.7 Å². The fraction of sp³-hybridized carbons (Fsp3) is 0.800. The molecule has 1 rings (SSSR count). The highest BCUT2D eigenvalue weighted by molar-refractivity contribution is 5.77. The van der Waals surface area contributed by atoms with Gasteiger partial charge < -0.3 is 15.4 Å². The zero-order valence-corrected chi connectivity index (χ0v) is 9.04. The molecular formula is C10H18N2O3. The largest absolute Gasteiger partial charge is 0.465 e. The van der Waals surface area contributed by atoms with Crippen LogP contribution in [-0.4, -0.2) is 37.6 Å². The van der Waals surface area contributed by atoms with Crippen molar-refractivity contribution >= 4 is 11.9 Å². The molecule has 0 aromatic rings. The summed E-state index contributed by atoms with van der Waals surface area (Å²) in [6.07, 6.45) is 2.31. The number of hydrogen-bond donors (Lipinski definition) is 2. The average Bonchev–Trinajstić information content (AvgIpc) is 2.40. The number of carbonyl (C=O) groups excluding carboxylic acids is 2. The van der Waals surface area contributed by atoms with E-state index < -0.39 is 0 Å². The number of ether oxygens (including phenoxy) is 1. The van der Waals surface area contributed by atoms with Crippen molar-refractivity contribution in [3.63, 3.8) is 0 Å². The van der Waals surface area contributed by atoms with Gasteiger partial charge in [-0.25, -0.2) is 0 Å². The highest BCUT2D eigenvalue weighted by Gasteiger charge is 2.17. The van der Waals surface area contributed by atoms with Gasteiger partial charge in [0.15, 0.2) is 0 Å². The Morgan fingerprint density at radius 1 is 1.67 bits per heavy atom. The Morgan fingerprint density at radius 2 is 2.47 bits per heavy atom. The van der Waals surface area contributed by atoms with Gasteiger partial charge in [0.2, 0.25) is 5.91 Å². The summed E-state index contributed by atoms with van der Waals surface area (Å²) in [7, 11) is 0. The maximum Gasteiger partial charge on any atom is 0.319 e. The minimum Gasteiger partial charge on any atom is -0.465 e. The van der Waals surface area contributed by atoms with Gasteiger partial charge in [0.1, 0.15) is 0 Å². The first-order valence-corrected chi connectivity index (χ1v) is 5.38. The van der Waals surface area contributed by atoms with Crippen LogP contribution in [0.1, 0.15) is 26.2 Å². The fourth-order valence-corrected chi connectivity index (χ4v) is 1.59. The summed E-state index contributed by atoms with van der Waals surface area (Å²) in [4.78, 5) is 22.3. The molecule has 1 saturated heterocycles. The molecule has 1 amide bonds. The summed E-state index contributed by atoms with van der Waals surface area (Å²) in [6.45, 7) is 3.09. The van der Waals surface area contributed by atoms with Gasteiger partial charge in [0, 0.05) is 19.0 Å². The summed E-state index contributed by atoms with van der Waals surface area (Å²) in [5.41, 5.74) is 0. The van der Waals surface area contributed by atoms with Gasteiger partial charge in [-0.3, -0.25) is 9.59 Å². The molecule has 0 saturated carbocycles. The third-order valence-electron chi connectivity index (χ3n) is 2.32. The van der Waals surface area contributed by atoms with E-state index in [2.05, 4.69) is 10.6 Å². The van der Waals surface area contributed by atoms with E-state index in [0.29, 0.717) is 13.0 Å². The molecule has 1 atom stereocenters. The van der Waals surface area contributed by atoms with Crippen LogP contribution in [0.25, 0.3) is 0 Å². The summed E-state index contributed by atoms with van der Waals surface area (Å²) in [6, 6.07) is 0.0944. The van der Waals surface area contributed by atoms with Crippen molar-refractivity contribution in [3.8, 4) is 0 Å². The molecule has 1 aliphatic heterocycles. The van der Waals surface area contributed by atoms with Crippen LogP contribution in [0.2, 0.25) is 0 Å². The summed E-state index contributed by atoms with van der Waals surface area (Å²) in [5.74, 6) is -0.212. The molecule has 1 heterocycles. The Hall–Kier alpha value is -1.10. The van der Waals surface area contributed by atoms with Crippen molar-refractivity contribution < 1.29 is 14.3 Å². The molecule has 0 aromatic heterocycles. The van der Waals surface area contributed by atoms with E-state index in [4.69, 9.17) is 4.74 Å². The van der Waals surface area contributed by atoms with Crippen LogP contribution in [0.15, 0.2) is 0 Å². The van der Waals surface area contributed by atoms with Gasteiger partial charge in [-0.1, -0.05) is 0 Å². The standard InChI is InChI=1S/C10H18N2O3/c1-2-15-10(14)7-12-8-4-3-5-11-9(13)6-8/h8,12H,2-7H2,1H3,(H,11,13). The van der Waals surface area contributed by atoms with E-state index in [-0.39, 0.29) is 24.5 Å². The minimum atomic E-state index is -0.262. The number of esters is 1. The summed E-state index contributed by atoms with van der Waals surface area (Å²) < 4.78 is 4.79. The Balaban J connectivity index is 2.24. The van der Waals surface area contributed by atoms with E-state index in [0.717, 1.165) is 19.4 Å². The van der Waals surface area contributed by atoms with Crippen LogP contribution >= 0.6 is 0 Å². The lowest BCUT2D eigenvalue weighted by Crippen LogP contribution is -2.36. The molecule has 15 heavy (non-hydrogen) atoms. The number of nitrogens with one attached hydrogen (secondary N) is 2. The minimum absolute atomic E-state index is 0.0499. The Bertz CT molecular complexity index is 231. The van der Waals surface area contributed by atoms with Crippen molar-refractivity contribution in [2.24, 2.45) is 0 Å². The van der Waals surface area contributed by atoms with Crippen LogP contribution in [-0.2, 0) is 14.3 Å². The van der Waals surface area contributed by atoms with Crippen molar-refractivity contribution in [1.82, 2.24) is 10.6 Å². The Morgan fingerprint density at radius 3 is 3.20 bits per heavy atom. The average molecular weight is 214 g/mol. The topological polar surface area (TPSA) is 67.4 Å². The molecule has 1 fully saturated rings. The second-order valence-corrected chi connectivity index (χ2v) is 3.58. The van der Waals surface area contributed by atoms with Gasteiger partial charge in [0.05, 0.1) is 13.2 Å². The highest BCUT2D eigenvalue weighted by Crippen LogP contribution is 2.05. The lowest BCUT2D eigenvalue weighted by molar-refractivity contribution is -0.142. The monoisotopic (exact) mass is 214 g/mol. The third-order valence-corrected chi connectivity index (χ3v) is 2.32. The first-order chi connectivity index (χ1) is 7.22. The van der Waals surface area contributed by atoms with Crippen LogP contribution in [0.3, 0.4) is 0 Å². The molecule has 0 aromatic carbocycles. The number of carbonyl (C=O) groups is 2. The summed E-state index contributed by atoms with van der Waals surface area (Å²) >= 11 is 0. The zero-order chi connectivity index (χ0) is 11.1. The maximum absolute atomic E-state index is 11.2. The predicted molar refractivity (Wildman–Crippen MR) is 55.3 cm³/mol. The first kappa shape index (κ1) is 12.0. The quantitative estimate of drug-likeness (QED) is 0.636. The van der Waals surface area contributed by atoms with Gasteiger partial charge in [-0.2, -0.15) is 0 Å². The molecule has 5 heteroatoms. The van der Waals surface area contributed by atoms with E-state index in [1.54, 1.807) is 6.92 Å². The highest BCUT2D eigenvalue weighted by atomic mass is 16.5. The summed E-state index contributed by atoms with van der Waals surface area (Å²) in [5, 5.41) is 5.83. The molecule has 0 aliphatic carbocycles. The van der Waals surface area contributed by atoms with Gasteiger partial charge in [-0.15, -0.1) is 0 Å². The molecule has 0 spiro atoms. The second kappa shape index (κ2) is 6.40. The van der Waals surface area contributed by atoms with E-state index in [1.807, 2.05) is 0 Å². The lowest BCUT2D eigenvalue weighted by atomic mass is 10.1. The van der Waals surface area contributed by atoms with Crippen molar-refractivity contribution in [2.45, 2.75) is 32.2 Å². The second-order valence-electron chi connectivity index (χ2n) is 3.58. The Kier molecular flexibility index (Phi) is 5.10. The van der Waals surface area contributed by atoms with Crippen molar-refractivity contribution in [1.29, 1.82) is 0 Å². The molecule has 2 N–H and O–H groups in total. The smallest absolute Gasteiger partial charge is 0.319 e. The molecule has 0 bridgehead atoms. The van der Waals surface area contributed by atoms with E-state index in [9.17, 15) is 9.59 Å². The molecule has 5 nitrogen and oxygen atoms in total. The maximum atomic E-state index is 11.2. The first-order valence-electron chi connectivity index (χ1n) is 5.38. The van der Waals surface area contributed by atoms with E-state index in [1.165, 1.54) is 0 Å². The SMILES string of the molecule is CCOC(=O)CNC1CCCNC(=O)C1.